The first-order valence-electron chi connectivity index (χ1n) is 9.04. The minimum absolute atomic E-state index is 0.0436. The first kappa shape index (κ1) is 21.3. The second-order valence-electron chi connectivity index (χ2n) is 6.33. The number of para-hydroxylation sites is 1. The molecule has 2 rings (SSSR count). The van der Waals surface area contributed by atoms with E-state index in [0.717, 1.165) is 23.2 Å². The molecular weight excluding hydrogens is 366 g/mol. The van der Waals surface area contributed by atoms with Gasteiger partial charge < -0.3 is 15.0 Å². The highest BCUT2D eigenvalue weighted by molar-refractivity contribution is 5.95. The summed E-state index contributed by atoms with van der Waals surface area (Å²) in [5, 5.41) is 2.83. The standard InChI is InChI=1S/C21H24F2N2O3/c1-3-16-6-4-5-7-18(16)24-19(26)14-25(2)20(27)13-10-15-8-11-17(12-9-15)28-21(22)23/h4-9,11-12,21H,3,10,13-14H2,1-2H3,(H,24,26). The van der Waals surface area contributed by atoms with E-state index in [2.05, 4.69) is 10.1 Å². The highest BCUT2D eigenvalue weighted by Gasteiger charge is 2.14. The molecule has 0 spiro atoms. The van der Waals surface area contributed by atoms with Gasteiger partial charge in [0.25, 0.3) is 0 Å². The van der Waals surface area contributed by atoms with Gasteiger partial charge in [-0.3, -0.25) is 9.59 Å². The van der Waals surface area contributed by atoms with Crippen molar-refractivity contribution in [1.29, 1.82) is 0 Å². The van der Waals surface area contributed by atoms with Crippen LogP contribution in [-0.4, -0.2) is 36.9 Å². The monoisotopic (exact) mass is 390 g/mol. The van der Waals surface area contributed by atoms with Crippen LogP contribution >= 0.6 is 0 Å². The van der Waals surface area contributed by atoms with Crippen LogP contribution in [0, 0.1) is 0 Å². The molecule has 0 saturated heterocycles. The Morgan fingerprint density at radius 1 is 1.11 bits per heavy atom. The van der Waals surface area contributed by atoms with Crippen LogP contribution in [0.15, 0.2) is 48.5 Å². The lowest BCUT2D eigenvalue weighted by atomic mass is 10.1. The highest BCUT2D eigenvalue weighted by atomic mass is 19.3. The number of hydrogen-bond donors (Lipinski definition) is 1. The molecule has 0 aliphatic rings. The molecule has 0 heterocycles. The van der Waals surface area contributed by atoms with Crippen LogP contribution in [0.3, 0.4) is 0 Å². The fourth-order valence-electron chi connectivity index (χ4n) is 2.72. The Bertz CT molecular complexity index is 794. The predicted molar refractivity (Wildman–Crippen MR) is 103 cm³/mol. The Morgan fingerprint density at radius 3 is 2.43 bits per heavy atom. The van der Waals surface area contributed by atoms with Crippen LogP contribution in [0.1, 0.15) is 24.5 Å². The number of rotatable bonds is 9. The van der Waals surface area contributed by atoms with Crippen LogP contribution in [-0.2, 0) is 22.4 Å². The third kappa shape index (κ3) is 6.64. The van der Waals surface area contributed by atoms with Crippen molar-refractivity contribution < 1.29 is 23.1 Å². The van der Waals surface area contributed by atoms with E-state index in [0.29, 0.717) is 6.42 Å². The van der Waals surface area contributed by atoms with E-state index in [4.69, 9.17) is 0 Å². The van der Waals surface area contributed by atoms with Crippen molar-refractivity contribution in [2.45, 2.75) is 32.8 Å². The SMILES string of the molecule is CCc1ccccc1NC(=O)CN(C)C(=O)CCc1ccc(OC(F)F)cc1. The van der Waals surface area contributed by atoms with Crippen molar-refractivity contribution in [3.63, 3.8) is 0 Å². The molecule has 2 aromatic rings. The number of likely N-dealkylation sites (N-methyl/N-ethyl adjacent to an activating group) is 1. The van der Waals surface area contributed by atoms with E-state index in [1.807, 2.05) is 31.2 Å². The molecule has 0 aromatic heterocycles. The Morgan fingerprint density at radius 2 is 1.79 bits per heavy atom. The van der Waals surface area contributed by atoms with Crippen molar-refractivity contribution in [3.05, 3.63) is 59.7 Å². The Labute approximate surface area is 163 Å². The highest BCUT2D eigenvalue weighted by Crippen LogP contribution is 2.17. The maximum Gasteiger partial charge on any atom is 0.387 e. The minimum Gasteiger partial charge on any atom is -0.435 e. The zero-order valence-electron chi connectivity index (χ0n) is 16.0. The topological polar surface area (TPSA) is 58.6 Å². The maximum absolute atomic E-state index is 12.3. The molecule has 0 bridgehead atoms. The van der Waals surface area contributed by atoms with Gasteiger partial charge in [-0.05, 0) is 42.2 Å². The van der Waals surface area contributed by atoms with Crippen LogP contribution in [0.2, 0.25) is 0 Å². The number of carbonyl (C=O) groups excluding carboxylic acids is 2. The number of hydrogen-bond acceptors (Lipinski definition) is 3. The minimum atomic E-state index is -2.86. The number of anilines is 1. The molecule has 2 aromatic carbocycles. The smallest absolute Gasteiger partial charge is 0.387 e. The summed E-state index contributed by atoms with van der Waals surface area (Å²) in [4.78, 5) is 25.9. The van der Waals surface area contributed by atoms with Gasteiger partial charge in [0.2, 0.25) is 11.8 Å². The molecule has 7 heteroatoms. The molecule has 0 fully saturated rings. The summed E-state index contributed by atoms with van der Waals surface area (Å²) in [5.41, 5.74) is 2.61. The molecule has 150 valence electrons. The van der Waals surface area contributed by atoms with E-state index < -0.39 is 6.61 Å². The molecule has 0 aliphatic carbocycles. The number of nitrogens with one attached hydrogen (secondary N) is 1. The van der Waals surface area contributed by atoms with Crippen molar-refractivity contribution in [2.24, 2.45) is 0 Å². The summed E-state index contributed by atoms with van der Waals surface area (Å²) < 4.78 is 28.6. The van der Waals surface area contributed by atoms with Crippen molar-refractivity contribution in [3.8, 4) is 5.75 Å². The average Bonchev–Trinajstić information content (AvgIpc) is 2.67. The number of alkyl halides is 2. The molecule has 2 amide bonds. The largest absolute Gasteiger partial charge is 0.435 e. The number of nitrogens with zero attached hydrogens (tertiary/aromatic N) is 1. The maximum atomic E-state index is 12.3. The number of ether oxygens (including phenoxy) is 1. The number of benzene rings is 2. The number of halogens is 2. The van der Waals surface area contributed by atoms with E-state index in [9.17, 15) is 18.4 Å². The van der Waals surface area contributed by atoms with E-state index >= 15 is 0 Å². The van der Waals surface area contributed by atoms with Gasteiger partial charge in [0.05, 0.1) is 6.54 Å². The molecule has 0 radical (unpaired) electrons. The molecule has 5 nitrogen and oxygen atoms in total. The molecule has 0 saturated carbocycles. The average molecular weight is 390 g/mol. The fraction of sp³-hybridized carbons (Fsp3) is 0.333. The van der Waals surface area contributed by atoms with Crippen LogP contribution in [0.4, 0.5) is 14.5 Å². The number of aryl methyl sites for hydroxylation is 2. The van der Waals surface area contributed by atoms with E-state index in [1.54, 1.807) is 19.2 Å². The Kier molecular flexibility index (Phi) is 7.92. The quantitative estimate of drug-likeness (QED) is 0.707. The lowest BCUT2D eigenvalue weighted by molar-refractivity contribution is -0.133. The predicted octanol–water partition coefficient (Wildman–Crippen LogP) is 3.88. The molecular formula is C21H24F2N2O3. The van der Waals surface area contributed by atoms with Crippen molar-refractivity contribution >= 4 is 17.5 Å². The first-order valence-corrected chi connectivity index (χ1v) is 9.04. The van der Waals surface area contributed by atoms with Crippen molar-refractivity contribution in [1.82, 2.24) is 4.90 Å². The van der Waals surface area contributed by atoms with E-state index in [1.165, 1.54) is 17.0 Å². The normalized spacial score (nSPS) is 10.6. The zero-order valence-corrected chi connectivity index (χ0v) is 16.0. The number of carbonyl (C=O) groups is 2. The molecule has 0 aliphatic heterocycles. The van der Waals surface area contributed by atoms with Gasteiger partial charge in [0, 0.05) is 19.2 Å². The zero-order chi connectivity index (χ0) is 20.5. The lowest BCUT2D eigenvalue weighted by Gasteiger charge is -2.17. The van der Waals surface area contributed by atoms with Gasteiger partial charge in [0.15, 0.2) is 0 Å². The van der Waals surface area contributed by atoms with E-state index in [-0.39, 0.29) is 30.5 Å². The van der Waals surface area contributed by atoms with Gasteiger partial charge in [-0.2, -0.15) is 8.78 Å². The van der Waals surface area contributed by atoms with Crippen molar-refractivity contribution in [2.75, 3.05) is 18.9 Å². The second-order valence-corrected chi connectivity index (χ2v) is 6.33. The molecule has 0 unspecified atom stereocenters. The van der Waals surface area contributed by atoms with Gasteiger partial charge in [0.1, 0.15) is 5.75 Å². The van der Waals surface area contributed by atoms with Crippen LogP contribution in [0.25, 0.3) is 0 Å². The van der Waals surface area contributed by atoms with Crippen LogP contribution in [0.5, 0.6) is 5.75 Å². The third-order valence-corrected chi connectivity index (χ3v) is 4.25. The first-order chi connectivity index (χ1) is 13.4. The summed E-state index contributed by atoms with van der Waals surface area (Å²) in [7, 11) is 1.58. The summed E-state index contributed by atoms with van der Waals surface area (Å²) in [6.45, 7) is -0.901. The summed E-state index contributed by atoms with van der Waals surface area (Å²) in [6, 6.07) is 13.7. The molecule has 0 atom stereocenters. The second kappa shape index (κ2) is 10.4. The number of amides is 2. The van der Waals surface area contributed by atoms with Gasteiger partial charge in [-0.15, -0.1) is 0 Å². The Balaban J connectivity index is 1.81. The van der Waals surface area contributed by atoms with Crippen LogP contribution < -0.4 is 10.1 Å². The summed E-state index contributed by atoms with van der Waals surface area (Å²) >= 11 is 0. The van der Waals surface area contributed by atoms with Gasteiger partial charge >= 0.3 is 6.61 Å². The third-order valence-electron chi connectivity index (χ3n) is 4.25. The van der Waals surface area contributed by atoms with Gasteiger partial charge in [-0.1, -0.05) is 37.3 Å². The molecule has 1 N–H and O–H groups in total. The lowest BCUT2D eigenvalue weighted by Crippen LogP contribution is -2.35. The summed E-state index contributed by atoms with van der Waals surface area (Å²) in [6.07, 6.45) is 1.45. The van der Waals surface area contributed by atoms with Gasteiger partial charge in [-0.25, -0.2) is 0 Å². The summed E-state index contributed by atoms with van der Waals surface area (Å²) in [5.74, 6) is -0.358. The fourth-order valence-corrected chi connectivity index (χ4v) is 2.72. The molecule has 28 heavy (non-hydrogen) atoms. The Hall–Kier alpha value is -2.96.